The normalized spacial score (nSPS) is 16.0. The minimum atomic E-state index is -0.799. The number of nitro groups is 1. The van der Waals surface area contributed by atoms with Crippen LogP contribution in [0.1, 0.15) is 23.2 Å². The molecule has 1 atom stereocenters. The van der Waals surface area contributed by atoms with E-state index in [4.69, 9.17) is 14.7 Å². The Morgan fingerprint density at radius 3 is 2.36 bits per heavy atom. The van der Waals surface area contributed by atoms with Gasteiger partial charge in [-0.15, -0.1) is 0 Å². The molecule has 47 heavy (non-hydrogen) atoms. The van der Waals surface area contributed by atoms with Crippen molar-refractivity contribution in [3.05, 3.63) is 128 Å². The Kier molecular flexibility index (Phi) is 6.39. The van der Waals surface area contributed by atoms with Gasteiger partial charge in [0.1, 0.15) is 17.2 Å². The highest BCUT2D eigenvalue weighted by molar-refractivity contribution is 9.10. The van der Waals surface area contributed by atoms with Crippen molar-refractivity contribution in [1.82, 2.24) is 15.0 Å². The molecule has 1 fully saturated rings. The predicted octanol–water partition coefficient (Wildman–Crippen LogP) is 7.57. The lowest BCUT2D eigenvalue weighted by molar-refractivity contribution is -0.384. The fourth-order valence-corrected chi connectivity index (χ4v) is 7.00. The van der Waals surface area contributed by atoms with E-state index in [0.717, 1.165) is 43.6 Å². The lowest BCUT2D eigenvalue weighted by atomic mass is 9.77. The highest BCUT2D eigenvalue weighted by Gasteiger charge is 2.60. The van der Waals surface area contributed by atoms with Gasteiger partial charge in [0.2, 0.25) is 11.8 Å². The maximum Gasteiger partial charge on any atom is 0.269 e. The van der Waals surface area contributed by atoms with Gasteiger partial charge in [0.15, 0.2) is 0 Å². The summed E-state index contributed by atoms with van der Waals surface area (Å²) in [6.07, 6.45) is 0.264. The molecule has 1 saturated heterocycles. The van der Waals surface area contributed by atoms with Crippen LogP contribution in [0.3, 0.4) is 0 Å². The fraction of sp³-hybridized carbons (Fsp3) is 0.0833. The molecule has 226 valence electrons. The number of fused-ring (bicyclic) bond motifs is 6. The van der Waals surface area contributed by atoms with Gasteiger partial charge in [-0.25, -0.2) is 15.0 Å². The van der Waals surface area contributed by atoms with E-state index >= 15 is 0 Å². The number of methoxy groups -OCH3 is 1. The third kappa shape index (κ3) is 4.22. The Hall–Kier alpha value is -5.99. The number of carbonyl (C=O) groups excluding carboxylic acids is 1. The summed E-state index contributed by atoms with van der Waals surface area (Å²) in [6.45, 7) is 0. The van der Waals surface area contributed by atoms with Crippen LogP contribution in [0.15, 0.2) is 102 Å². The van der Waals surface area contributed by atoms with Gasteiger partial charge in [-0.1, -0.05) is 52.3 Å². The summed E-state index contributed by atoms with van der Waals surface area (Å²) < 4.78 is 6.38. The summed E-state index contributed by atoms with van der Waals surface area (Å²) in [4.78, 5) is 40.7. The van der Waals surface area contributed by atoms with Crippen LogP contribution in [0.2, 0.25) is 0 Å². The van der Waals surface area contributed by atoms with Crippen LogP contribution < -0.4 is 9.64 Å². The maximum atomic E-state index is 13.5. The summed E-state index contributed by atoms with van der Waals surface area (Å²) in [5.74, 6) is 0.103. The van der Waals surface area contributed by atoms with Crippen molar-refractivity contribution in [2.45, 2.75) is 12.0 Å². The zero-order valence-electron chi connectivity index (χ0n) is 24.6. The molecule has 11 heteroatoms. The number of nitro benzene ring substituents is 1. The number of hydrogen-bond donors (Lipinski definition) is 0. The molecule has 1 amide bonds. The van der Waals surface area contributed by atoms with E-state index in [-0.39, 0.29) is 29.5 Å². The predicted molar refractivity (Wildman–Crippen MR) is 179 cm³/mol. The van der Waals surface area contributed by atoms with Crippen LogP contribution >= 0.6 is 15.9 Å². The van der Waals surface area contributed by atoms with Crippen LogP contribution in [-0.2, 0) is 10.3 Å². The fourth-order valence-electron chi connectivity index (χ4n) is 6.65. The average Bonchev–Trinajstić information content (AvgIpc) is 3.37. The van der Waals surface area contributed by atoms with Gasteiger partial charge < -0.3 is 4.74 Å². The van der Waals surface area contributed by atoms with Crippen molar-refractivity contribution in [3.63, 3.8) is 0 Å². The quantitative estimate of drug-likeness (QED) is 0.103. The van der Waals surface area contributed by atoms with E-state index in [1.54, 1.807) is 23.1 Å². The van der Waals surface area contributed by atoms with Crippen LogP contribution in [0.4, 0.5) is 11.4 Å². The van der Waals surface area contributed by atoms with E-state index < -0.39 is 10.5 Å². The Bertz CT molecular complexity index is 2350. The highest BCUT2D eigenvalue weighted by atomic mass is 79.9. The second-order valence-corrected chi connectivity index (χ2v) is 12.2. The number of nitrogens with zero attached hydrogens (tertiary/aromatic N) is 6. The summed E-state index contributed by atoms with van der Waals surface area (Å²) >= 11 is 3.54. The van der Waals surface area contributed by atoms with Gasteiger partial charge >= 0.3 is 0 Å². The van der Waals surface area contributed by atoms with E-state index in [9.17, 15) is 20.2 Å². The van der Waals surface area contributed by atoms with Gasteiger partial charge in [-0.05, 0) is 59.7 Å². The van der Waals surface area contributed by atoms with Crippen molar-refractivity contribution in [3.8, 4) is 45.6 Å². The molecule has 1 aliphatic carbocycles. The average molecular weight is 682 g/mol. The number of nitriles is 1. The third-order valence-electron chi connectivity index (χ3n) is 8.79. The van der Waals surface area contributed by atoms with Gasteiger partial charge in [0.25, 0.3) is 5.69 Å². The molecule has 0 saturated carbocycles. The zero-order valence-corrected chi connectivity index (χ0v) is 26.2. The first kappa shape index (κ1) is 28.5. The number of pyridine rings is 1. The van der Waals surface area contributed by atoms with Gasteiger partial charge in [-0.2, -0.15) is 5.26 Å². The highest BCUT2D eigenvalue weighted by Crippen LogP contribution is 2.57. The number of aromatic nitrogens is 3. The van der Waals surface area contributed by atoms with E-state index in [1.807, 2.05) is 66.7 Å². The first-order valence-corrected chi connectivity index (χ1v) is 15.4. The number of benzene rings is 4. The van der Waals surface area contributed by atoms with Crippen molar-refractivity contribution < 1.29 is 14.5 Å². The maximum absolute atomic E-state index is 13.5. The number of carbonyl (C=O) groups is 1. The Morgan fingerprint density at radius 2 is 1.66 bits per heavy atom. The number of β-lactam (4-membered cyclic amide) rings is 1. The van der Waals surface area contributed by atoms with Crippen LogP contribution in [0.5, 0.6) is 5.88 Å². The Balaban J connectivity index is 1.22. The summed E-state index contributed by atoms with van der Waals surface area (Å²) in [5.41, 5.74) is 7.44. The summed E-state index contributed by atoms with van der Waals surface area (Å²) in [6, 6.07) is 31.2. The van der Waals surface area contributed by atoms with Crippen molar-refractivity contribution >= 4 is 44.2 Å². The smallest absolute Gasteiger partial charge is 0.269 e. The first-order chi connectivity index (χ1) is 22.8. The lowest BCUT2D eigenvalue weighted by Gasteiger charge is -2.50. The number of non-ortho nitro benzene ring substituents is 1. The molecule has 0 radical (unpaired) electrons. The minimum Gasteiger partial charge on any atom is -0.480 e. The molecule has 4 aromatic carbocycles. The molecule has 2 aliphatic rings. The summed E-state index contributed by atoms with van der Waals surface area (Å²) in [7, 11) is 1.44. The number of anilines is 1. The molecule has 2 aromatic heterocycles. The van der Waals surface area contributed by atoms with Gasteiger partial charge in [0, 0.05) is 39.0 Å². The minimum absolute atomic E-state index is 0.0323. The van der Waals surface area contributed by atoms with Crippen LogP contribution in [0, 0.1) is 21.4 Å². The number of hydrogen-bond acceptors (Lipinski definition) is 8. The largest absolute Gasteiger partial charge is 0.480 e. The Morgan fingerprint density at radius 1 is 0.915 bits per heavy atom. The van der Waals surface area contributed by atoms with E-state index in [0.29, 0.717) is 22.5 Å². The van der Waals surface area contributed by atoms with Crippen molar-refractivity contribution in [1.29, 1.82) is 5.26 Å². The van der Waals surface area contributed by atoms with Crippen LogP contribution in [-0.4, -0.2) is 32.9 Å². The molecular formula is C36H21BrN6O4. The number of rotatable bonds is 5. The first-order valence-electron chi connectivity index (χ1n) is 14.6. The monoisotopic (exact) mass is 680 g/mol. The van der Waals surface area contributed by atoms with E-state index in [1.165, 1.54) is 19.2 Å². The molecule has 1 spiro atoms. The molecule has 6 aromatic rings. The number of halogens is 1. The number of ether oxygens (including phenoxy) is 1. The molecule has 10 nitrogen and oxygen atoms in total. The molecule has 0 N–H and O–H groups in total. The number of amides is 1. The molecule has 3 heterocycles. The van der Waals surface area contributed by atoms with Crippen molar-refractivity contribution in [2.24, 2.45) is 0 Å². The topological polar surface area (TPSA) is 135 Å². The second-order valence-electron chi connectivity index (χ2n) is 11.3. The standard InChI is InChI=1S/C36H21BrN6O4/c1-47-35-27(19-38)26(20-6-13-24(14-7-20)43(45)46)17-30(41-35)21-8-11-23(12-9-21)42-32(44)18-36(42)28-5-3-2-4-25(28)33-34(36)40-31-16-22(37)10-15-29(31)39-33/h2-17H,18H2,1H3. The summed E-state index contributed by atoms with van der Waals surface area (Å²) in [5, 5.41) is 21.1. The molecule has 1 aliphatic heterocycles. The molecular weight excluding hydrogens is 660 g/mol. The van der Waals surface area contributed by atoms with Gasteiger partial charge in [-0.3, -0.25) is 19.8 Å². The zero-order chi connectivity index (χ0) is 32.4. The van der Waals surface area contributed by atoms with Gasteiger partial charge in [0.05, 0.1) is 46.6 Å². The molecule has 0 bridgehead atoms. The molecule has 8 rings (SSSR count). The second kappa shape index (κ2) is 10.5. The lowest BCUT2D eigenvalue weighted by Crippen LogP contribution is -2.61. The third-order valence-corrected chi connectivity index (χ3v) is 9.28. The van der Waals surface area contributed by atoms with Crippen LogP contribution in [0.25, 0.3) is 44.7 Å². The van der Waals surface area contributed by atoms with E-state index in [2.05, 4.69) is 27.0 Å². The van der Waals surface area contributed by atoms with Crippen molar-refractivity contribution in [2.75, 3.05) is 12.0 Å². The SMILES string of the molecule is COc1nc(-c2ccc(N3C(=O)CC34c3ccccc3-c3nc5ccc(Br)cc5nc34)cc2)cc(-c2ccc([N+](=O)[O-])cc2)c1C#N. The Labute approximate surface area is 276 Å². The molecule has 1 unspecified atom stereocenters.